The number of carboxylic acids is 1. The molecule has 5 nitrogen and oxygen atoms in total. The van der Waals surface area contributed by atoms with Crippen molar-refractivity contribution in [1.82, 2.24) is 9.88 Å². The van der Waals surface area contributed by atoms with E-state index in [1.807, 2.05) is 11.8 Å². The van der Waals surface area contributed by atoms with Gasteiger partial charge in [0.05, 0.1) is 10.9 Å². The Labute approximate surface area is 120 Å². The predicted octanol–water partition coefficient (Wildman–Crippen LogP) is 2.25. The van der Waals surface area contributed by atoms with Crippen molar-refractivity contribution in [3.63, 3.8) is 0 Å². The Morgan fingerprint density at radius 3 is 2.58 bits per heavy atom. The van der Waals surface area contributed by atoms with Crippen LogP contribution in [0.25, 0.3) is 0 Å². The zero-order valence-electron chi connectivity index (χ0n) is 10.9. The average molecular weight is 300 g/mol. The van der Waals surface area contributed by atoms with Crippen LogP contribution in [-0.2, 0) is 4.79 Å². The van der Waals surface area contributed by atoms with Gasteiger partial charge in [0, 0.05) is 13.1 Å². The van der Waals surface area contributed by atoms with Crippen LogP contribution in [0, 0.1) is 6.92 Å². The molecule has 1 aromatic heterocycles. The molecule has 1 N–H and O–H groups in total. The van der Waals surface area contributed by atoms with Crippen LogP contribution in [0.15, 0.2) is 4.34 Å². The van der Waals surface area contributed by atoms with Crippen molar-refractivity contribution in [2.24, 2.45) is 0 Å². The third kappa shape index (κ3) is 3.27. The Bertz CT molecular complexity index is 495. The lowest BCUT2D eigenvalue weighted by Crippen LogP contribution is -2.33. The molecule has 1 atom stereocenters. The first kappa shape index (κ1) is 14.3. The van der Waals surface area contributed by atoms with Gasteiger partial charge in [0.15, 0.2) is 4.34 Å². The number of carboxylic acid groups (broad SMARTS) is 1. The average Bonchev–Trinajstić information content (AvgIpc) is 2.97. The highest BCUT2D eigenvalue weighted by Gasteiger charge is 2.25. The van der Waals surface area contributed by atoms with E-state index in [-0.39, 0.29) is 16.0 Å². The highest BCUT2D eigenvalue weighted by atomic mass is 32.2. The fraction of sp³-hybridized carbons (Fsp3) is 0.583. The number of hydrogen-bond donors (Lipinski definition) is 1. The van der Waals surface area contributed by atoms with E-state index in [2.05, 4.69) is 4.98 Å². The van der Waals surface area contributed by atoms with E-state index in [4.69, 9.17) is 5.11 Å². The van der Waals surface area contributed by atoms with Crippen LogP contribution in [-0.4, -0.2) is 45.2 Å². The molecule has 2 heterocycles. The Morgan fingerprint density at radius 2 is 2.05 bits per heavy atom. The summed E-state index contributed by atoms with van der Waals surface area (Å²) in [5.41, 5.74) is 0.515. The summed E-state index contributed by atoms with van der Waals surface area (Å²) in [7, 11) is 0. The molecule has 0 spiro atoms. The molecule has 1 aliphatic heterocycles. The van der Waals surface area contributed by atoms with Gasteiger partial charge in [-0.25, -0.2) is 9.78 Å². The van der Waals surface area contributed by atoms with E-state index in [0.29, 0.717) is 10.0 Å². The highest BCUT2D eigenvalue weighted by Crippen LogP contribution is 2.31. The number of aromatic nitrogens is 1. The molecule has 1 aliphatic rings. The van der Waals surface area contributed by atoms with E-state index >= 15 is 0 Å². The molecule has 19 heavy (non-hydrogen) atoms. The number of carbonyl (C=O) groups is 2. The van der Waals surface area contributed by atoms with Crippen molar-refractivity contribution in [2.45, 2.75) is 36.3 Å². The summed E-state index contributed by atoms with van der Waals surface area (Å²) in [6, 6.07) is 0. The molecule has 1 unspecified atom stereocenters. The molecule has 1 aromatic rings. The Balaban J connectivity index is 2.02. The topological polar surface area (TPSA) is 70.5 Å². The summed E-state index contributed by atoms with van der Waals surface area (Å²) < 4.78 is 0.648. The van der Waals surface area contributed by atoms with Crippen LogP contribution in [0.3, 0.4) is 0 Å². The van der Waals surface area contributed by atoms with Gasteiger partial charge >= 0.3 is 5.97 Å². The van der Waals surface area contributed by atoms with E-state index in [0.717, 1.165) is 37.3 Å². The maximum atomic E-state index is 12.1. The van der Waals surface area contributed by atoms with Crippen molar-refractivity contribution in [3.8, 4) is 0 Å². The van der Waals surface area contributed by atoms with E-state index < -0.39 is 5.97 Å². The minimum absolute atomic E-state index is 0.118. The number of nitrogens with zero attached hydrogens (tertiary/aromatic N) is 2. The summed E-state index contributed by atoms with van der Waals surface area (Å²) in [6.45, 7) is 5.20. The van der Waals surface area contributed by atoms with Gasteiger partial charge in [0.25, 0.3) is 0 Å². The summed E-state index contributed by atoms with van der Waals surface area (Å²) in [5, 5.41) is 8.76. The van der Waals surface area contributed by atoms with Crippen molar-refractivity contribution >= 4 is 35.0 Å². The lowest BCUT2D eigenvalue weighted by Gasteiger charge is -2.18. The number of amides is 1. The number of thioether (sulfide) groups is 1. The molecule has 104 valence electrons. The first-order valence-electron chi connectivity index (χ1n) is 6.15. The summed E-state index contributed by atoms with van der Waals surface area (Å²) in [6.07, 6.45) is 2.14. The van der Waals surface area contributed by atoms with Crippen LogP contribution in [0.2, 0.25) is 0 Å². The molecule has 0 aromatic carbocycles. The summed E-state index contributed by atoms with van der Waals surface area (Å²) in [5.74, 6) is -0.840. The molecule has 0 aliphatic carbocycles. The monoisotopic (exact) mass is 300 g/mol. The number of likely N-dealkylation sites (tertiary alicyclic amines) is 1. The molecule has 2 rings (SSSR count). The van der Waals surface area contributed by atoms with E-state index in [1.54, 1.807) is 6.92 Å². The quantitative estimate of drug-likeness (QED) is 0.864. The van der Waals surface area contributed by atoms with E-state index in [9.17, 15) is 9.59 Å². The molecule has 0 saturated carbocycles. The van der Waals surface area contributed by atoms with Crippen LogP contribution in [0.1, 0.15) is 35.1 Å². The lowest BCUT2D eigenvalue weighted by molar-refractivity contribution is -0.129. The van der Waals surface area contributed by atoms with Gasteiger partial charge < -0.3 is 10.0 Å². The fourth-order valence-corrected chi connectivity index (χ4v) is 4.27. The predicted molar refractivity (Wildman–Crippen MR) is 74.9 cm³/mol. The Morgan fingerprint density at radius 1 is 1.42 bits per heavy atom. The second-order valence-electron chi connectivity index (χ2n) is 4.49. The van der Waals surface area contributed by atoms with Crippen LogP contribution in [0.5, 0.6) is 0 Å². The molecule has 0 bridgehead atoms. The minimum atomic E-state index is -0.958. The Hall–Kier alpha value is -1.08. The van der Waals surface area contributed by atoms with Crippen molar-refractivity contribution in [2.75, 3.05) is 13.1 Å². The van der Waals surface area contributed by atoms with Gasteiger partial charge in [-0.2, -0.15) is 0 Å². The second kappa shape index (κ2) is 5.92. The lowest BCUT2D eigenvalue weighted by atomic mass is 10.4. The van der Waals surface area contributed by atoms with Crippen molar-refractivity contribution in [1.29, 1.82) is 0 Å². The second-order valence-corrected chi connectivity index (χ2v) is 7.08. The Kier molecular flexibility index (Phi) is 4.46. The molecular weight excluding hydrogens is 284 g/mol. The number of carbonyl (C=O) groups excluding carboxylic acids is 1. The van der Waals surface area contributed by atoms with E-state index in [1.165, 1.54) is 11.8 Å². The normalized spacial score (nSPS) is 16.6. The highest BCUT2D eigenvalue weighted by molar-refractivity contribution is 8.02. The zero-order chi connectivity index (χ0) is 14.0. The van der Waals surface area contributed by atoms with Gasteiger partial charge in [-0.05, 0) is 26.7 Å². The third-order valence-electron chi connectivity index (χ3n) is 3.01. The molecular formula is C12H16N2O3S2. The smallest absolute Gasteiger partial charge is 0.347 e. The van der Waals surface area contributed by atoms with Crippen molar-refractivity contribution in [3.05, 3.63) is 10.6 Å². The summed E-state index contributed by atoms with van der Waals surface area (Å²) in [4.78, 5) is 29.4. The van der Waals surface area contributed by atoms with Gasteiger partial charge in [0.1, 0.15) is 4.88 Å². The zero-order valence-corrected chi connectivity index (χ0v) is 12.5. The first-order valence-corrected chi connectivity index (χ1v) is 7.85. The maximum Gasteiger partial charge on any atom is 0.347 e. The summed E-state index contributed by atoms with van der Waals surface area (Å²) >= 11 is 2.48. The molecule has 1 fully saturated rings. The number of rotatable bonds is 4. The van der Waals surface area contributed by atoms with Crippen LogP contribution >= 0.6 is 23.1 Å². The van der Waals surface area contributed by atoms with Gasteiger partial charge in [0.2, 0.25) is 5.91 Å². The largest absolute Gasteiger partial charge is 0.477 e. The number of thiazole rings is 1. The number of hydrogen-bond acceptors (Lipinski definition) is 5. The van der Waals surface area contributed by atoms with Crippen molar-refractivity contribution < 1.29 is 14.7 Å². The third-order valence-corrected chi connectivity index (χ3v) is 5.34. The van der Waals surface area contributed by atoms with Gasteiger partial charge in [-0.15, -0.1) is 11.3 Å². The van der Waals surface area contributed by atoms with Crippen LogP contribution < -0.4 is 0 Å². The molecule has 1 amide bonds. The number of aryl methyl sites for hydroxylation is 1. The standard InChI is InChI=1S/C12H16N2O3S2/c1-7-9(11(16)17)19-12(13-7)18-8(2)10(15)14-5-3-4-6-14/h8H,3-6H2,1-2H3,(H,16,17). The maximum absolute atomic E-state index is 12.1. The fourth-order valence-electron chi connectivity index (χ4n) is 2.02. The molecule has 7 heteroatoms. The number of aromatic carboxylic acids is 1. The minimum Gasteiger partial charge on any atom is -0.477 e. The first-order chi connectivity index (χ1) is 8.99. The SMILES string of the molecule is Cc1nc(SC(C)C(=O)N2CCCC2)sc1C(=O)O. The van der Waals surface area contributed by atoms with Gasteiger partial charge in [-0.3, -0.25) is 4.79 Å². The molecule has 0 radical (unpaired) electrons. The van der Waals surface area contributed by atoms with Gasteiger partial charge in [-0.1, -0.05) is 11.8 Å². The molecule has 1 saturated heterocycles. The van der Waals surface area contributed by atoms with Crippen LogP contribution in [0.4, 0.5) is 0 Å².